The van der Waals surface area contributed by atoms with Crippen LogP contribution in [0.15, 0.2) is 72.9 Å². The van der Waals surface area contributed by atoms with Gasteiger partial charge in [-0.2, -0.15) is 0 Å². The lowest BCUT2D eigenvalue weighted by Gasteiger charge is -2.15. The van der Waals surface area contributed by atoms with Gasteiger partial charge in [-0.1, -0.05) is 356 Å². The molecule has 1 unspecified atom stereocenters. The molecule has 0 spiro atoms. The number of rotatable bonds is 64. The van der Waals surface area contributed by atoms with Crippen LogP contribution in [0.3, 0.4) is 0 Å². The average molecular weight is 1090 g/mol. The quantitative estimate of drug-likeness (QED) is 0.0373. The van der Waals surface area contributed by atoms with Gasteiger partial charge in [-0.15, -0.1) is 0 Å². The van der Waals surface area contributed by atoms with Crippen LogP contribution in [0, 0.1) is 0 Å². The standard InChI is InChI=1S/C73H132O5/c1-3-5-7-9-11-13-15-17-19-21-23-25-27-29-31-32-33-34-35-36-37-38-39-40-42-43-45-47-49-51-53-55-57-59-61-63-65-67-72(75)77-70-71(69-74)78-73(76)68-66-64-62-60-58-56-54-52-50-48-46-44-41-30-28-26-24-22-20-18-16-14-12-10-8-6-4-2/h6,8,12,14,18,20,24,26,30,41,46,48,71,74H,3-5,7,9-11,13,15-17,19,21-23,25,27-29,31-40,42-45,47,49-70H2,1-2H3/b8-6-,14-12-,20-18-,26-24-,41-30-,48-46-. The summed E-state index contributed by atoms with van der Waals surface area (Å²) in [4.78, 5) is 24.6. The zero-order chi connectivity index (χ0) is 56.2. The minimum absolute atomic E-state index is 0.0686. The van der Waals surface area contributed by atoms with Crippen LogP contribution in [0.25, 0.3) is 0 Å². The highest BCUT2D eigenvalue weighted by Crippen LogP contribution is 2.19. The third-order valence-corrected chi connectivity index (χ3v) is 15.5. The Balaban J connectivity index is 3.42. The Morgan fingerprint density at radius 2 is 0.551 bits per heavy atom. The largest absolute Gasteiger partial charge is 0.462 e. The lowest BCUT2D eigenvalue weighted by atomic mass is 10.0. The van der Waals surface area contributed by atoms with Gasteiger partial charge in [0.25, 0.3) is 0 Å². The highest BCUT2D eigenvalue weighted by Gasteiger charge is 2.16. The van der Waals surface area contributed by atoms with Gasteiger partial charge in [0.05, 0.1) is 6.61 Å². The molecule has 5 heteroatoms. The summed E-state index contributed by atoms with van der Waals surface area (Å²) >= 11 is 0. The van der Waals surface area contributed by atoms with Crippen molar-refractivity contribution in [2.75, 3.05) is 13.2 Å². The zero-order valence-corrected chi connectivity index (χ0v) is 52.2. The van der Waals surface area contributed by atoms with Crippen molar-refractivity contribution in [2.45, 2.75) is 367 Å². The third kappa shape index (κ3) is 65.9. The molecule has 0 aromatic carbocycles. The monoisotopic (exact) mass is 1090 g/mol. The van der Waals surface area contributed by atoms with E-state index in [-0.39, 0.29) is 25.2 Å². The van der Waals surface area contributed by atoms with Crippen LogP contribution < -0.4 is 0 Å². The molecule has 0 rings (SSSR count). The number of esters is 2. The van der Waals surface area contributed by atoms with Crippen LogP contribution in [-0.2, 0) is 19.1 Å². The van der Waals surface area contributed by atoms with Crippen LogP contribution in [0.5, 0.6) is 0 Å². The maximum Gasteiger partial charge on any atom is 0.306 e. The zero-order valence-electron chi connectivity index (χ0n) is 52.2. The van der Waals surface area contributed by atoms with E-state index in [1.807, 2.05) is 0 Å². The molecular formula is C73H132O5. The normalized spacial score (nSPS) is 12.6. The summed E-state index contributed by atoms with van der Waals surface area (Å²) in [7, 11) is 0. The van der Waals surface area contributed by atoms with Crippen molar-refractivity contribution in [3.8, 4) is 0 Å². The molecule has 0 aliphatic rings. The molecule has 78 heavy (non-hydrogen) atoms. The van der Waals surface area contributed by atoms with Crippen molar-refractivity contribution in [1.82, 2.24) is 0 Å². The second kappa shape index (κ2) is 68.6. The minimum Gasteiger partial charge on any atom is -0.462 e. The Morgan fingerprint density at radius 1 is 0.308 bits per heavy atom. The first-order valence-corrected chi connectivity index (χ1v) is 34.5. The molecule has 0 heterocycles. The lowest BCUT2D eigenvalue weighted by molar-refractivity contribution is -0.161. The van der Waals surface area contributed by atoms with Crippen LogP contribution in [0.1, 0.15) is 361 Å². The predicted octanol–water partition coefficient (Wildman–Crippen LogP) is 23.9. The van der Waals surface area contributed by atoms with Crippen LogP contribution in [-0.4, -0.2) is 36.4 Å². The van der Waals surface area contributed by atoms with Crippen molar-refractivity contribution in [1.29, 1.82) is 0 Å². The first-order valence-electron chi connectivity index (χ1n) is 34.5. The van der Waals surface area contributed by atoms with Crippen molar-refractivity contribution >= 4 is 11.9 Å². The van der Waals surface area contributed by atoms with E-state index >= 15 is 0 Å². The van der Waals surface area contributed by atoms with Crippen LogP contribution in [0.4, 0.5) is 0 Å². The molecule has 0 aliphatic carbocycles. The fraction of sp³-hybridized carbons (Fsp3) is 0.808. The van der Waals surface area contributed by atoms with Gasteiger partial charge in [-0.05, 0) is 64.2 Å². The lowest BCUT2D eigenvalue weighted by Crippen LogP contribution is -2.28. The fourth-order valence-corrected chi connectivity index (χ4v) is 10.4. The SMILES string of the molecule is CC/C=C\C/C=C\C/C=C\C/C=C\C/C=C\C/C=C\CCCCCCCCCCC(=O)OC(CO)COC(=O)CCCCCCCCCCCCCCCCCCCCCCCCCCCCCCCCCCCCCCC. The molecule has 5 nitrogen and oxygen atoms in total. The molecule has 0 aromatic heterocycles. The number of carbonyl (C=O) groups excluding carboxylic acids is 2. The van der Waals surface area contributed by atoms with E-state index in [2.05, 4.69) is 86.8 Å². The molecule has 0 fully saturated rings. The van der Waals surface area contributed by atoms with E-state index < -0.39 is 6.10 Å². The smallest absolute Gasteiger partial charge is 0.306 e. The summed E-state index contributed by atoms with van der Waals surface area (Å²) < 4.78 is 10.7. The number of hydrogen-bond acceptors (Lipinski definition) is 5. The average Bonchev–Trinajstić information content (AvgIpc) is 3.44. The molecule has 1 atom stereocenters. The first-order chi connectivity index (χ1) is 38.6. The van der Waals surface area contributed by atoms with E-state index in [9.17, 15) is 14.7 Å². The van der Waals surface area contributed by atoms with Gasteiger partial charge in [-0.3, -0.25) is 9.59 Å². The van der Waals surface area contributed by atoms with Gasteiger partial charge in [0.1, 0.15) is 6.61 Å². The van der Waals surface area contributed by atoms with Crippen molar-refractivity contribution < 1.29 is 24.2 Å². The number of aliphatic hydroxyl groups excluding tert-OH is 1. The van der Waals surface area contributed by atoms with Crippen LogP contribution in [0.2, 0.25) is 0 Å². The third-order valence-electron chi connectivity index (χ3n) is 15.5. The molecule has 454 valence electrons. The topological polar surface area (TPSA) is 72.8 Å². The van der Waals surface area contributed by atoms with E-state index in [1.54, 1.807) is 0 Å². The number of ether oxygens (including phenoxy) is 2. The number of unbranched alkanes of at least 4 members (excludes halogenated alkanes) is 44. The minimum atomic E-state index is -0.780. The molecule has 0 amide bonds. The molecule has 0 bridgehead atoms. The van der Waals surface area contributed by atoms with Gasteiger partial charge < -0.3 is 14.6 Å². The highest BCUT2D eigenvalue weighted by molar-refractivity contribution is 5.70. The van der Waals surface area contributed by atoms with Crippen molar-refractivity contribution in [3.63, 3.8) is 0 Å². The Bertz CT molecular complexity index is 1370. The molecular weight excluding hydrogens is 957 g/mol. The maximum absolute atomic E-state index is 12.3. The summed E-state index contributed by atoms with van der Waals surface area (Å²) in [5.74, 6) is -0.587. The molecule has 0 radical (unpaired) electrons. The number of hydrogen-bond donors (Lipinski definition) is 1. The fourth-order valence-electron chi connectivity index (χ4n) is 10.4. The molecule has 1 N–H and O–H groups in total. The van der Waals surface area contributed by atoms with Gasteiger partial charge in [0.15, 0.2) is 6.10 Å². The summed E-state index contributed by atoms with van der Waals surface area (Å²) in [6.45, 7) is 4.07. The molecule has 0 aromatic rings. The van der Waals surface area contributed by atoms with E-state index in [1.165, 1.54) is 250 Å². The van der Waals surface area contributed by atoms with Gasteiger partial charge in [0.2, 0.25) is 0 Å². The summed E-state index contributed by atoms with van der Waals surface area (Å²) in [6.07, 6.45) is 95.1. The van der Waals surface area contributed by atoms with Gasteiger partial charge in [0, 0.05) is 12.8 Å². The Kier molecular flexibility index (Phi) is 66.3. The van der Waals surface area contributed by atoms with Gasteiger partial charge >= 0.3 is 11.9 Å². The predicted molar refractivity (Wildman–Crippen MR) is 343 cm³/mol. The Labute approximate surface area is 486 Å². The number of carbonyl (C=O) groups is 2. The Hall–Kier alpha value is -2.66. The molecule has 0 aliphatic heterocycles. The Morgan fingerprint density at radius 3 is 0.833 bits per heavy atom. The molecule has 0 saturated heterocycles. The van der Waals surface area contributed by atoms with Crippen molar-refractivity contribution in [2.24, 2.45) is 0 Å². The second-order valence-corrected chi connectivity index (χ2v) is 23.2. The summed E-state index contributed by atoms with van der Waals surface area (Å²) in [5, 5.41) is 9.69. The van der Waals surface area contributed by atoms with Crippen molar-refractivity contribution in [3.05, 3.63) is 72.9 Å². The summed E-state index contributed by atoms with van der Waals surface area (Å²) in [5.41, 5.74) is 0. The van der Waals surface area contributed by atoms with E-state index in [4.69, 9.17) is 9.47 Å². The molecule has 0 saturated carbocycles. The second-order valence-electron chi connectivity index (χ2n) is 23.2. The number of aliphatic hydroxyl groups is 1. The maximum atomic E-state index is 12.3. The van der Waals surface area contributed by atoms with Crippen LogP contribution >= 0.6 is 0 Å². The summed E-state index contributed by atoms with van der Waals surface area (Å²) in [6, 6.07) is 0. The first kappa shape index (κ1) is 75.3. The van der Waals surface area contributed by atoms with E-state index in [0.717, 1.165) is 83.5 Å². The highest BCUT2D eigenvalue weighted by atomic mass is 16.6. The van der Waals surface area contributed by atoms with E-state index in [0.29, 0.717) is 12.8 Å². The number of allylic oxidation sites excluding steroid dienone is 12. The van der Waals surface area contributed by atoms with Gasteiger partial charge in [-0.25, -0.2) is 0 Å².